The molecule has 6 heteroatoms. The van der Waals surface area contributed by atoms with Gasteiger partial charge in [-0.2, -0.15) is 0 Å². The number of carbonyl (C=O) groups is 1. The van der Waals surface area contributed by atoms with E-state index in [4.69, 9.17) is 18.6 Å². The van der Waals surface area contributed by atoms with Crippen molar-refractivity contribution >= 4 is 16.9 Å². The lowest BCUT2D eigenvalue weighted by Crippen LogP contribution is -2.09. The molecule has 138 valence electrons. The number of carbonyl (C=O) groups excluding carboxylic acids is 1. The van der Waals surface area contributed by atoms with Gasteiger partial charge in [0.1, 0.15) is 11.3 Å². The molecule has 0 aliphatic carbocycles. The molecule has 3 aromatic rings. The minimum atomic E-state index is -0.411. The maximum absolute atomic E-state index is 12.2. The van der Waals surface area contributed by atoms with Crippen molar-refractivity contribution in [1.29, 1.82) is 0 Å². The summed E-state index contributed by atoms with van der Waals surface area (Å²) in [6, 6.07) is 12.2. The molecule has 0 radical (unpaired) electrons. The normalized spacial score (nSPS) is 12.3. The van der Waals surface area contributed by atoms with Crippen LogP contribution in [0.1, 0.15) is 24.5 Å². The SMILES string of the molecule is CCc1cc(=O)oc2cc(OC(=O)CCc3ccc4c(c3)OCO4)ccc12. The van der Waals surface area contributed by atoms with Gasteiger partial charge in [-0.25, -0.2) is 4.79 Å². The molecule has 27 heavy (non-hydrogen) atoms. The van der Waals surface area contributed by atoms with Gasteiger partial charge in [0.15, 0.2) is 11.5 Å². The zero-order valence-electron chi connectivity index (χ0n) is 14.8. The number of rotatable bonds is 5. The number of aryl methyl sites for hydroxylation is 2. The second-order valence-electron chi connectivity index (χ2n) is 6.26. The van der Waals surface area contributed by atoms with Crippen LogP contribution in [-0.4, -0.2) is 12.8 Å². The minimum Gasteiger partial charge on any atom is -0.454 e. The number of fused-ring (bicyclic) bond motifs is 2. The predicted molar refractivity (Wildman–Crippen MR) is 98.4 cm³/mol. The number of benzene rings is 2. The van der Waals surface area contributed by atoms with Gasteiger partial charge in [-0.3, -0.25) is 4.79 Å². The lowest BCUT2D eigenvalue weighted by atomic mass is 10.1. The van der Waals surface area contributed by atoms with Crippen molar-refractivity contribution < 1.29 is 23.4 Å². The second-order valence-corrected chi connectivity index (χ2v) is 6.26. The topological polar surface area (TPSA) is 75.0 Å². The number of hydrogen-bond donors (Lipinski definition) is 0. The van der Waals surface area contributed by atoms with E-state index in [0.29, 0.717) is 29.3 Å². The van der Waals surface area contributed by atoms with Crippen molar-refractivity contribution in [1.82, 2.24) is 0 Å². The smallest absolute Gasteiger partial charge is 0.336 e. The maximum atomic E-state index is 12.2. The molecule has 4 rings (SSSR count). The fraction of sp³-hybridized carbons (Fsp3) is 0.238. The van der Waals surface area contributed by atoms with E-state index < -0.39 is 5.63 Å². The first kappa shape index (κ1) is 17.1. The summed E-state index contributed by atoms with van der Waals surface area (Å²) in [5.74, 6) is 1.40. The third kappa shape index (κ3) is 3.65. The minimum absolute atomic E-state index is 0.219. The van der Waals surface area contributed by atoms with Crippen molar-refractivity contribution in [3.63, 3.8) is 0 Å². The molecule has 1 aliphatic heterocycles. The molecular formula is C21H18O6. The van der Waals surface area contributed by atoms with E-state index in [1.165, 1.54) is 6.07 Å². The molecule has 1 aromatic heterocycles. The first-order chi connectivity index (χ1) is 13.1. The highest BCUT2D eigenvalue weighted by Gasteiger charge is 2.14. The zero-order valence-corrected chi connectivity index (χ0v) is 14.8. The standard InChI is InChI=1S/C21H18O6/c1-2-14-10-21(23)27-18-11-15(5-6-16(14)18)26-20(22)8-4-13-3-7-17-19(9-13)25-12-24-17/h3,5-7,9-11H,2,4,8,12H2,1H3. The largest absolute Gasteiger partial charge is 0.454 e. The van der Waals surface area contributed by atoms with E-state index in [-0.39, 0.29) is 19.2 Å². The fourth-order valence-corrected chi connectivity index (χ4v) is 3.09. The van der Waals surface area contributed by atoms with Crippen molar-refractivity contribution in [2.75, 3.05) is 6.79 Å². The van der Waals surface area contributed by atoms with Crippen LogP contribution in [0.2, 0.25) is 0 Å². The van der Waals surface area contributed by atoms with Gasteiger partial charge in [-0.15, -0.1) is 0 Å². The molecule has 0 N–H and O–H groups in total. The van der Waals surface area contributed by atoms with Crippen molar-refractivity contribution in [3.05, 3.63) is 64.0 Å². The molecule has 0 bridgehead atoms. The monoisotopic (exact) mass is 366 g/mol. The van der Waals surface area contributed by atoms with Gasteiger partial charge in [0, 0.05) is 23.9 Å². The fourth-order valence-electron chi connectivity index (χ4n) is 3.09. The average Bonchev–Trinajstić information content (AvgIpc) is 3.13. The Balaban J connectivity index is 1.44. The Morgan fingerprint density at radius 1 is 1.07 bits per heavy atom. The molecule has 0 spiro atoms. The van der Waals surface area contributed by atoms with Crippen molar-refractivity contribution in [2.45, 2.75) is 26.2 Å². The summed E-state index contributed by atoms with van der Waals surface area (Å²) in [5.41, 5.74) is 1.88. The van der Waals surface area contributed by atoms with E-state index in [1.54, 1.807) is 18.2 Å². The molecule has 0 amide bonds. The summed E-state index contributed by atoms with van der Waals surface area (Å²) >= 11 is 0. The van der Waals surface area contributed by atoms with Gasteiger partial charge >= 0.3 is 11.6 Å². The van der Waals surface area contributed by atoms with Crippen LogP contribution in [0.5, 0.6) is 17.2 Å². The van der Waals surface area contributed by atoms with Gasteiger partial charge in [0.2, 0.25) is 6.79 Å². The third-order valence-corrected chi connectivity index (χ3v) is 4.47. The van der Waals surface area contributed by atoms with Gasteiger partial charge < -0.3 is 18.6 Å². The van der Waals surface area contributed by atoms with E-state index in [9.17, 15) is 9.59 Å². The zero-order chi connectivity index (χ0) is 18.8. The van der Waals surface area contributed by atoms with Gasteiger partial charge in [-0.05, 0) is 48.2 Å². The molecule has 1 aliphatic rings. The molecule has 0 atom stereocenters. The van der Waals surface area contributed by atoms with Gasteiger partial charge in [-0.1, -0.05) is 13.0 Å². The first-order valence-corrected chi connectivity index (χ1v) is 8.78. The van der Waals surface area contributed by atoms with Crippen LogP contribution in [0.25, 0.3) is 11.0 Å². The first-order valence-electron chi connectivity index (χ1n) is 8.78. The summed E-state index contributed by atoms with van der Waals surface area (Å²) in [5, 5.41) is 0.845. The average molecular weight is 366 g/mol. The van der Waals surface area contributed by atoms with Crippen LogP contribution < -0.4 is 19.8 Å². The van der Waals surface area contributed by atoms with Crippen LogP contribution >= 0.6 is 0 Å². The van der Waals surface area contributed by atoms with E-state index in [1.807, 2.05) is 25.1 Å². The Morgan fingerprint density at radius 2 is 1.93 bits per heavy atom. The summed E-state index contributed by atoms with van der Waals surface area (Å²) in [7, 11) is 0. The predicted octanol–water partition coefficient (Wildman–Crippen LogP) is 3.62. The molecule has 2 heterocycles. The summed E-state index contributed by atoms with van der Waals surface area (Å²) in [6.07, 6.45) is 1.46. The van der Waals surface area contributed by atoms with Gasteiger partial charge in [0.25, 0.3) is 0 Å². The molecule has 2 aromatic carbocycles. The van der Waals surface area contributed by atoms with Crippen molar-refractivity contribution in [2.24, 2.45) is 0 Å². The summed E-state index contributed by atoms with van der Waals surface area (Å²) in [4.78, 5) is 23.8. The van der Waals surface area contributed by atoms with Crippen LogP contribution in [0, 0.1) is 0 Å². The summed E-state index contributed by atoms with van der Waals surface area (Å²) < 4.78 is 21.2. The van der Waals surface area contributed by atoms with Crippen LogP contribution in [0.15, 0.2) is 51.7 Å². The highest BCUT2D eigenvalue weighted by molar-refractivity contribution is 5.82. The van der Waals surface area contributed by atoms with Crippen LogP contribution in [-0.2, 0) is 17.6 Å². The molecule has 0 saturated carbocycles. The number of hydrogen-bond acceptors (Lipinski definition) is 6. The Hall–Kier alpha value is -3.28. The Labute approximate surface area is 155 Å². The highest BCUT2D eigenvalue weighted by Crippen LogP contribution is 2.32. The molecule has 0 unspecified atom stereocenters. The highest BCUT2D eigenvalue weighted by atomic mass is 16.7. The van der Waals surface area contributed by atoms with E-state index >= 15 is 0 Å². The summed E-state index contributed by atoms with van der Waals surface area (Å²) in [6.45, 7) is 2.19. The van der Waals surface area contributed by atoms with Crippen LogP contribution in [0.4, 0.5) is 0 Å². The Bertz CT molecular complexity index is 1070. The van der Waals surface area contributed by atoms with Crippen molar-refractivity contribution in [3.8, 4) is 17.2 Å². The molecule has 0 saturated heterocycles. The molecule has 6 nitrogen and oxygen atoms in total. The van der Waals surface area contributed by atoms with E-state index in [2.05, 4.69) is 0 Å². The Kier molecular flexibility index (Phi) is 4.54. The molecule has 0 fully saturated rings. The quantitative estimate of drug-likeness (QED) is 0.390. The second kappa shape index (κ2) is 7.15. The molecular weight excluding hydrogens is 348 g/mol. The van der Waals surface area contributed by atoms with E-state index in [0.717, 1.165) is 22.9 Å². The number of esters is 1. The maximum Gasteiger partial charge on any atom is 0.336 e. The Morgan fingerprint density at radius 3 is 2.78 bits per heavy atom. The lowest BCUT2D eigenvalue weighted by molar-refractivity contribution is -0.134. The number of ether oxygens (including phenoxy) is 3. The van der Waals surface area contributed by atoms with Gasteiger partial charge in [0.05, 0.1) is 0 Å². The lowest BCUT2D eigenvalue weighted by Gasteiger charge is -2.07. The third-order valence-electron chi connectivity index (χ3n) is 4.47. The van der Waals surface area contributed by atoms with Crippen LogP contribution in [0.3, 0.4) is 0 Å².